The summed E-state index contributed by atoms with van der Waals surface area (Å²) in [4.78, 5) is 12.4. The summed E-state index contributed by atoms with van der Waals surface area (Å²) in [6, 6.07) is 3.36. The minimum Gasteiger partial charge on any atom is -0.496 e. The molecular weight excluding hydrogens is 326 g/mol. The van der Waals surface area contributed by atoms with Crippen molar-refractivity contribution in [3.05, 3.63) is 28.3 Å². The third kappa shape index (κ3) is 3.33. The van der Waals surface area contributed by atoms with Crippen molar-refractivity contribution in [1.29, 1.82) is 0 Å². The van der Waals surface area contributed by atoms with Crippen LogP contribution in [0.4, 0.5) is 5.95 Å². The van der Waals surface area contributed by atoms with Gasteiger partial charge in [-0.2, -0.15) is 11.8 Å². The Kier molecular flexibility index (Phi) is 5.62. The Labute approximate surface area is 137 Å². The zero-order valence-corrected chi connectivity index (χ0v) is 14.0. The number of anilines is 1. The molecule has 0 fully saturated rings. The van der Waals surface area contributed by atoms with Gasteiger partial charge in [-0.25, -0.2) is 4.68 Å². The summed E-state index contributed by atoms with van der Waals surface area (Å²) in [7, 11) is 1.57. The van der Waals surface area contributed by atoms with E-state index in [9.17, 15) is 4.79 Å². The molecule has 9 heteroatoms. The van der Waals surface area contributed by atoms with Crippen LogP contribution >= 0.6 is 23.4 Å². The van der Waals surface area contributed by atoms with E-state index in [-0.39, 0.29) is 11.9 Å². The first kappa shape index (κ1) is 16.6. The van der Waals surface area contributed by atoms with Crippen LogP contribution in [0.5, 0.6) is 5.75 Å². The van der Waals surface area contributed by atoms with Crippen LogP contribution in [0.15, 0.2) is 12.1 Å². The Hall–Kier alpha value is -1.80. The predicted octanol–water partition coefficient (Wildman–Crippen LogP) is 2.47. The lowest BCUT2D eigenvalue weighted by molar-refractivity contribution is 0.102. The second-order valence-corrected chi connectivity index (χ2v) is 5.56. The maximum Gasteiger partial charge on any atom is 0.259 e. The first-order chi connectivity index (χ1) is 10.6. The number of rotatable bonds is 6. The minimum absolute atomic E-state index is 0.283. The van der Waals surface area contributed by atoms with Crippen molar-refractivity contribution >= 4 is 35.2 Å². The number of halogens is 1. The summed E-state index contributed by atoms with van der Waals surface area (Å²) >= 11 is 7.97. The van der Waals surface area contributed by atoms with Gasteiger partial charge >= 0.3 is 0 Å². The third-order valence-corrected chi connectivity index (χ3v) is 4.02. The zero-order valence-electron chi connectivity index (χ0n) is 12.5. The summed E-state index contributed by atoms with van der Waals surface area (Å²) < 4.78 is 6.77. The van der Waals surface area contributed by atoms with Gasteiger partial charge in [-0.1, -0.05) is 16.7 Å². The van der Waals surface area contributed by atoms with Gasteiger partial charge in [0.05, 0.1) is 17.7 Å². The molecule has 0 aliphatic carbocycles. The van der Waals surface area contributed by atoms with Gasteiger partial charge in [-0.3, -0.25) is 10.1 Å². The molecule has 1 aromatic heterocycles. The van der Waals surface area contributed by atoms with E-state index in [0.29, 0.717) is 28.6 Å². The third-order valence-electron chi connectivity index (χ3n) is 3.01. The van der Waals surface area contributed by atoms with Crippen molar-refractivity contribution in [2.75, 3.05) is 18.7 Å². The SMILES string of the molecule is CCn1nnnc1NC(=O)c1ccc(OC)c(CSC)c1Cl. The van der Waals surface area contributed by atoms with Gasteiger partial charge in [0, 0.05) is 17.9 Å². The number of methoxy groups -OCH3 is 1. The summed E-state index contributed by atoms with van der Waals surface area (Å²) in [6.45, 7) is 2.43. The van der Waals surface area contributed by atoms with E-state index in [1.807, 2.05) is 13.2 Å². The second kappa shape index (κ2) is 7.46. The Morgan fingerprint density at radius 3 is 2.91 bits per heavy atom. The lowest BCUT2D eigenvalue weighted by atomic mass is 10.1. The molecule has 1 N–H and O–H groups in total. The largest absolute Gasteiger partial charge is 0.496 e. The average Bonchev–Trinajstić information content (AvgIpc) is 2.96. The molecule has 0 aliphatic rings. The number of carbonyl (C=O) groups is 1. The van der Waals surface area contributed by atoms with Gasteiger partial charge < -0.3 is 4.74 Å². The van der Waals surface area contributed by atoms with E-state index in [0.717, 1.165) is 5.56 Å². The molecule has 2 aromatic rings. The van der Waals surface area contributed by atoms with Crippen LogP contribution in [0.2, 0.25) is 5.02 Å². The lowest BCUT2D eigenvalue weighted by Gasteiger charge is -2.13. The number of aromatic nitrogens is 4. The maximum atomic E-state index is 12.4. The molecule has 0 atom stereocenters. The fourth-order valence-electron chi connectivity index (χ4n) is 1.92. The number of nitrogens with zero attached hydrogens (tertiary/aromatic N) is 4. The van der Waals surface area contributed by atoms with Crippen LogP contribution < -0.4 is 10.1 Å². The lowest BCUT2D eigenvalue weighted by Crippen LogP contribution is -2.17. The van der Waals surface area contributed by atoms with Crippen LogP contribution in [0, 0.1) is 0 Å². The summed E-state index contributed by atoms with van der Waals surface area (Å²) in [5.41, 5.74) is 1.15. The molecule has 1 amide bonds. The van der Waals surface area contributed by atoms with Crippen molar-refractivity contribution in [1.82, 2.24) is 20.2 Å². The molecular formula is C13H16ClN5O2S. The Morgan fingerprint density at radius 2 is 2.27 bits per heavy atom. The Balaban J connectivity index is 2.32. The van der Waals surface area contributed by atoms with Gasteiger partial charge in [0.1, 0.15) is 5.75 Å². The number of carbonyl (C=O) groups excluding carboxylic acids is 1. The molecule has 0 bridgehead atoms. The quantitative estimate of drug-likeness (QED) is 0.869. The fraction of sp³-hybridized carbons (Fsp3) is 0.385. The Morgan fingerprint density at radius 1 is 1.50 bits per heavy atom. The number of aryl methyl sites for hydroxylation is 1. The molecule has 22 heavy (non-hydrogen) atoms. The van der Waals surface area contributed by atoms with E-state index in [2.05, 4.69) is 20.8 Å². The highest BCUT2D eigenvalue weighted by molar-refractivity contribution is 7.97. The van der Waals surface area contributed by atoms with E-state index in [4.69, 9.17) is 16.3 Å². The van der Waals surface area contributed by atoms with Crippen molar-refractivity contribution in [3.8, 4) is 5.75 Å². The molecule has 118 valence electrons. The van der Waals surface area contributed by atoms with Crippen LogP contribution in [-0.2, 0) is 12.3 Å². The smallest absolute Gasteiger partial charge is 0.259 e. The van der Waals surface area contributed by atoms with Crippen molar-refractivity contribution < 1.29 is 9.53 Å². The normalized spacial score (nSPS) is 10.5. The predicted molar refractivity (Wildman–Crippen MR) is 86.7 cm³/mol. The molecule has 0 spiro atoms. The molecule has 0 unspecified atom stereocenters. The fourth-order valence-corrected chi connectivity index (χ4v) is 2.89. The van der Waals surface area contributed by atoms with Crippen LogP contribution in [-0.4, -0.2) is 39.5 Å². The van der Waals surface area contributed by atoms with E-state index in [1.165, 1.54) is 4.68 Å². The van der Waals surface area contributed by atoms with Crippen molar-refractivity contribution in [3.63, 3.8) is 0 Å². The highest BCUT2D eigenvalue weighted by Crippen LogP contribution is 2.32. The average molecular weight is 342 g/mol. The number of benzene rings is 1. The number of ether oxygens (including phenoxy) is 1. The summed E-state index contributed by atoms with van der Waals surface area (Å²) in [6.07, 6.45) is 1.96. The number of thioether (sulfide) groups is 1. The molecule has 1 heterocycles. The number of hydrogen-bond donors (Lipinski definition) is 1. The number of nitrogens with one attached hydrogen (secondary N) is 1. The number of amides is 1. The monoisotopic (exact) mass is 341 g/mol. The molecule has 0 saturated heterocycles. The minimum atomic E-state index is -0.362. The molecule has 7 nitrogen and oxygen atoms in total. The number of hydrogen-bond acceptors (Lipinski definition) is 6. The van der Waals surface area contributed by atoms with Crippen molar-refractivity contribution in [2.24, 2.45) is 0 Å². The van der Waals surface area contributed by atoms with Crippen molar-refractivity contribution in [2.45, 2.75) is 19.2 Å². The zero-order chi connectivity index (χ0) is 16.1. The van der Waals surface area contributed by atoms with Crippen LogP contribution in [0.1, 0.15) is 22.8 Å². The van der Waals surface area contributed by atoms with Gasteiger partial charge in [-0.15, -0.1) is 0 Å². The van der Waals surface area contributed by atoms with E-state index in [1.54, 1.807) is 31.0 Å². The Bertz CT molecular complexity index is 676. The van der Waals surface area contributed by atoms with Crippen LogP contribution in [0.3, 0.4) is 0 Å². The summed E-state index contributed by atoms with van der Waals surface area (Å²) in [5.74, 6) is 1.23. The molecule has 0 aliphatic heterocycles. The topological polar surface area (TPSA) is 81.9 Å². The van der Waals surface area contributed by atoms with Gasteiger partial charge in [-0.05, 0) is 35.7 Å². The van der Waals surface area contributed by atoms with Gasteiger partial charge in [0.15, 0.2) is 0 Å². The molecule has 0 saturated carbocycles. The van der Waals surface area contributed by atoms with E-state index >= 15 is 0 Å². The number of tetrazole rings is 1. The molecule has 1 aromatic carbocycles. The maximum absolute atomic E-state index is 12.4. The molecule has 2 rings (SSSR count). The first-order valence-electron chi connectivity index (χ1n) is 6.54. The standard InChI is InChI=1S/C13H16ClN5O2S/c1-4-19-13(16-17-18-19)15-12(20)8-5-6-10(21-2)9(7-22-3)11(8)14/h5-6H,4,7H2,1-3H3,(H,15,16,18,20). The first-order valence-corrected chi connectivity index (χ1v) is 8.31. The highest BCUT2D eigenvalue weighted by Gasteiger charge is 2.19. The van der Waals surface area contributed by atoms with Crippen LogP contribution in [0.25, 0.3) is 0 Å². The highest BCUT2D eigenvalue weighted by atomic mass is 35.5. The molecule has 0 radical (unpaired) electrons. The van der Waals surface area contributed by atoms with Gasteiger partial charge in [0.25, 0.3) is 5.91 Å². The second-order valence-electron chi connectivity index (χ2n) is 4.31. The van der Waals surface area contributed by atoms with Gasteiger partial charge in [0.2, 0.25) is 5.95 Å². The van der Waals surface area contributed by atoms with E-state index < -0.39 is 0 Å². The summed E-state index contributed by atoms with van der Waals surface area (Å²) in [5, 5.41) is 14.1.